The number of halogens is 4. The number of fused-ring (bicyclic) bond motifs is 1. The van der Waals surface area contributed by atoms with Gasteiger partial charge in [-0.25, -0.2) is 4.98 Å². The van der Waals surface area contributed by atoms with Crippen molar-refractivity contribution in [1.82, 2.24) is 10.3 Å². The Hall–Kier alpha value is -1.38. The first-order valence-electron chi connectivity index (χ1n) is 7.72. The zero-order valence-electron chi connectivity index (χ0n) is 13.3. The van der Waals surface area contributed by atoms with Crippen LogP contribution in [0.5, 0.6) is 0 Å². The smallest absolute Gasteiger partial charge is 0.354 e. The normalized spacial score (nSPS) is 16.4. The molecule has 0 fully saturated rings. The number of amides is 1. The molecule has 1 N–H and O–H groups in total. The Labute approximate surface area is 162 Å². The van der Waals surface area contributed by atoms with E-state index in [0.29, 0.717) is 23.7 Å². The molecule has 1 unspecified atom stereocenters. The van der Waals surface area contributed by atoms with Crippen LogP contribution in [0, 0.1) is 0 Å². The van der Waals surface area contributed by atoms with Gasteiger partial charge in [-0.2, -0.15) is 13.2 Å². The van der Waals surface area contributed by atoms with E-state index < -0.39 is 11.7 Å². The number of thioether (sulfide) groups is 2. The highest BCUT2D eigenvalue weighted by molar-refractivity contribution is 8.01. The van der Waals surface area contributed by atoms with Crippen molar-refractivity contribution in [2.75, 3.05) is 12.3 Å². The molecule has 0 aliphatic carbocycles. The van der Waals surface area contributed by atoms with Crippen LogP contribution < -0.4 is 5.32 Å². The van der Waals surface area contributed by atoms with E-state index in [-0.39, 0.29) is 16.2 Å². The van der Waals surface area contributed by atoms with E-state index in [9.17, 15) is 18.0 Å². The number of carbonyl (C=O) groups excluding carboxylic acids is 1. The number of rotatable bonds is 5. The van der Waals surface area contributed by atoms with Gasteiger partial charge in [-0.1, -0.05) is 29.8 Å². The number of aromatic nitrogens is 1. The summed E-state index contributed by atoms with van der Waals surface area (Å²) in [5, 5.41) is 2.98. The van der Waals surface area contributed by atoms with Crippen LogP contribution in [0.4, 0.5) is 13.2 Å². The quantitative estimate of drug-likeness (QED) is 0.565. The lowest BCUT2D eigenvalue weighted by Gasteiger charge is -2.11. The number of carbonyl (C=O) groups is 1. The van der Waals surface area contributed by atoms with Crippen molar-refractivity contribution < 1.29 is 18.0 Å². The lowest BCUT2D eigenvalue weighted by Crippen LogP contribution is -2.33. The number of nitrogens with one attached hydrogen (secondary N) is 1. The van der Waals surface area contributed by atoms with E-state index in [0.717, 1.165) is 17.2 Å². The maximum atomic E-state index is 12.6. The number of nitrogens with zero attached hydrogens (tertiary/aromatic N) is 1. The van der Waals surface area contributed by atoms with Crippen LogP contribution in [-0.2, 0) is 17.4 Å². The van der Waals surface area contributed by atoms with Crippen molar-refractivity contribution >= 4 is 41.0 Å². The summed E-state index contributed by atoms with van der Waals surface area (Å²) in [4.78, 5) is 17.1. The average Bonchev–Trinajstić information content (AvgIpc) is 3.03. The van der Waals surface area contributed by atoms with Gasteiger partial charge in [0, 0.05) is 23.4 Å². The minimum Gasteiger partial charge on any atom is -0.354 e. The van der Waals surface area contributed by atoms with Gasteiger partial charge in [-0.3, -0.25) is 4.79 Å². The van der Waals surface area contributed by atoms with Crippen molar-refractivity contribution in [1.29, 1.82) is 0 Å². The summed E-state index contributed by atoms with van der Waals surface area (Å²) in [5.41, 5.74) is 0.297. The minimum atomic E-state index is -4.47. The molecular weight excluding hydrogens is 405 g/mol. The summed E-state index contributed by atoms with van der Waals surface area (Å²) in [6.07, 6.45) is -3.00. The molecule has 1 atom stereocenters. The second-order valence-corrected chi connectivity index (χ2v) is 8.30. The molecule has 1 aromatic carbocycles. The van der Waals surface area contributed by atoms with Crippen molar-refractivity contribution in [3.8, 4) is 0 Å². The molecule has 138 valence electrons. The molecule has 9 heteroatoms. The predicted molar refractivity (Wildman–Crippen MR) is 97.8 cm³/mol. The SMILES string of the molecule is O=C(NCCSc1ncc(C(F)(F)F)cc1Cl)C1Cc2ccccc2S1. The second kappa shape index (κ2) is 8.10. The van der Waals surface area contributed by atoms with E-state index in [2.05, 4.69) is 10.3 Å². The third kappa shape index (κ3) is 4.66. The third-order valence-corrected chi connectivity index (χ3v) is 6.44. The van der Waals surface area contributed by atoms with Crippen molar-refractivity contribution in [2.24, 2.45) is 0 Å². The maximum Gasteiger partial charge on any atom is 0.417 e. The molecular formula is C17H14ClF3N2OS2. The highest BCUT2D eigenvalue weighted by Gasteiger charge is 2.31. The average molecular weight is 419 g/mol. The Morgan fingerprint density at radius 3 is 2.85 bits per heavy atom. The van der Waals surface area contributed by atoms with Gasteiger partial charge >= 0.3 is 6.18 Å². The van der Waals surface area contributed by atoms with Crippen molar-refractivity contribution in [2.45, 2.75) is 27.8 Å². The Morgan fingerprint density at radius 2 is 2.15 bits per heavy atom. The Kier molecular flexibility index (Phi) is 6.04. The number of alkyl halides is 3. The highest BCUT2D eigenvalue weighted by atomic mass is 35.5. The minimum absolute atomic E-state index is 0.0433. The van der Waals surface area contributed by atoms with E-state index in [1.165, 1.54) is 17.3 Å². The van der Waals surface area contributed by atoms with Gasteiger partial charge in [0.15, 0.2) is 0 Å². The summed E-state index contributed by atoms with van der Waals surface area (Å²) >= 11 is 8.61. The molecule has 1 aromatic heterocycles. The van der Waals surface area contributed by atoms with Gasteiger partial charge in [0.05, 0.1) is 15.8 Å². The zero-order valence-corrected chi connectivity index (χ0v) is 15.7. The molecule has 0 saturated heterocycles. The fourth-order valence-electron chi connectivity index (χ4n) is 2.45. The molecule has 0 radical (unpaired) electrons. The molecule has 26 heavy (non-hydrogen) atoms. The summed E-state index contributed by atoms with van der Waals surface area (Å²) in [6, 6.07) is 8.79. The van der Waals surface area contributed by atoms with Crippen LogP contribution in [0.1, 0.15) is 11.1 Å². The maximum absolute atomic E-state index is 12.6. The molecule has 2 heterocycles. The topological polar surface area (TPSA) is 42.0 Å². The van der Waals surface area contributed by atoms with E-state index in [4.69, 9.17) is 11.6 Å². The first kappa shape index (κ1) is 19.4. The Morgan fingerprint density at radius 1 is 1.38 bits per heavy atom. The number of pyridine rings is 1. The van der Waals surface area contributed by atoms with Crippen molar-refractivity contribution in [3.63, 3.8) is 0 Å². The van der Waals surface area contributed by atoms with E-state index in [1.807, 2.05) is 24.3 Å². The second-order valence-electron chi connectivity index (χ2n) is 5.57. The Bertz CT molecular complexity index is 792. The molecule has 0 spiro atoms. The number of benzene rings is 1. The zero-order chi connectivity index (χ0) is 18.7. The monoisotopic (exact) mass is 418 g/mol. The van der Waals surface area contributed by atoms with Crippen LogP contribution >= 0.6 is 35.1 Å². The lowest BCUT2D eigenvalue weighted by molar-refractivity contribution is -0.137. The largest absolute Gasteiger partial charge is 0.417 e. The van der Waals surface area contributed by atoms with Gasteiger partial charge in [0.2, 0.25) is 5.91 Å². The molecule has 1 aliphatic rings. The molecule has 1 aliphatic heterocycles. The molecule has 0 saturated carbocycles. The highest BCUT2D eigenvalue weighted by Crippen LogP contribution is 2.37. The number of hydrogen-bond acceptors (Lipinski definition) is 4. The lowest BCUT2D eigenvalue weighted by atomic mass is 10.1. The Balaban J connectivity index is 1.45. The predicted octanol–water partition coefficient (Wildman–Crippen LogP) is 4.68. The van der Waals surface area contributed by atoms with Crippen LogP contribution in [0.3, 0.4) is 0 Å². The molecule has 1 amide bonds. The summed E-state index contributed by atoms with van der Waals surface area (Å²) in [7, 11) is 0. The molecule has 3 nitrogen and oxygen atoms in total. The van der Waals surface area contributed by atoms with Crippen LogP contribution in [0.25, 0.3) is 0 Å². The van der Waals surface area contributed by atoms with Gasteiger partial charge in [0.25, 0.3) is 0 Å². The molecule has 0 bridgehead atoms. The van der Waals surface area contributed by atoms with E-state index >= 15 is 0 Å². The standard InChI is InChI=1S/C17H14ClF3N2OS2/c18-12-8-11(17(19,20)21)9-23-16(12)25-6-5-22-15(24)14-7-10-3-1-2-4-13(10)26-14/h1-4,8-9,14H,5-7H2,(H,22,24). The molecule has 2 aromatic rings. The summed E-state index contributed by atoms with van der Waals surface area (Å²) in [6.45, 7) is 0.385. The summed E-state index contributed by atoms with van der Waals surface area (Å²) in [5.74, 6) is 0.423. The van der Waals surface area contributed by atoms with Crippen molar-refractivity contribution in [3.05, 3.63) is 52.7 Å². The van der Waals surface area contributed by atoms with Gasteiger partial charge in [-0.15, -0.1) is 23.5 Å². The van der Waals surface area contributed by atoms with Crippen LogP contribution in [-0.4, -0.2) is 28.4 Å². The number of hydrogen-bond donors (Lipinski definition) is 1. The summed E-state index contributed by atoms with van der Waals surface area (Å²) < 4.78 is 37.8. The van der Waals surface area contributed by atoms with Gasteiger partial charge in [0.1, 0.15) is 5.03 Å². The van der Waals surface area contributed by atoms with Gasteiger partial charge < -0.3 is 5.32 Å². The molecule has 3 rings (SSSR count). The van der Waals surface area contributed by atoms with Gasteiger partial charge in [-0.05, 0) is 24.1 Å². The van der Waals surface area contributed by atoms with Crippen LogP contribution in [0.15, 0.2) is 46.5 Å². The first-order chi connectivity index (χ1) is 12.3. The third-order valence-electron chi connectivity index (χ3n) is 3.71. The fourth-order valence-corrected chi connectivity index (χ4v) is 4.72. The first-order valence-corrected chi connectivity index (χ1v) is 9.97. The van der Waals surface area contributed by atoms with E-state index in [1.54, 1.807) is 11.8 Å². The fraction of sp³-hybridized carbons (Fsp3) is 0.294. The van der Waals surface area contributed by atoms with Crippen LogP contribution in [0.2, 0.25) is 5.02 Å².